The number of methoxy groups -OCH3 is 2. The first-order chi connectivity index (χ1) is 9.87. The molecule has 0 aromatic carbocycles. The van der Waals surface area contributed by atoms with Gasteiger partial charge >= 0.3 is 11.9 Å². The molecular weight excluding hydrogens is 278 g/mol. The third-order valence-electron chi connectivity index (χ3n) is 2.71. The summed E-state index contributed by atoms with van der Waals surface area (Å²) in [5, 5.41) is 0. The molecule has 0 saturated carbocycles. The maximum Gasteiger partial charge on any atom is 0.325 e. The van der Waals surface area contributed by atoms with Crippen LogP contribution in [0.2, 0.25) is 0 Å². The summed E-state index contributed by atoms with van der Waals surface area (Å²) in [5.41, 5.74) is -0.358. The molecule has 0 fully saturated rings. The second kappa shape index (κ2) is 7.41. The van der Waals surface area contributed by atoms with Crippen molar-refractivity contribution in [1.29, 1.82) is 0 Å². The van der Waals surface area contributed by atoms with E-state index in [9.17, 15) is 14.4 Å². The van der Waals surface area contributed by atoms with Crippen LogP contribution in [0.1, 0.15) is 25.6 Å². The molecule has 0 aliphatic carbocycles. The summed E-state index contributed by atoms with van der Waals surface area (Å²) >= 11 is 0. The molecule has 0 saturated heterocycles. The van der Waals surface area contributed by atoms with E-state index in [2.05, 4.69) is 19.4 Å². The fourth-order valence-electron chi connectivity index (χ4n) is 1.56. The van der Waals surface area contributed by atoms with E-state index in [1.54, 1.807) is 0 Å². The average Bonchev–Trinajstić information content (AvgIpc) is 2.45. The number of hydrogen-bond acceptors (Lipinski definition) is 7. The maximum atomic E-state index is 11.7. The van der Waals surface area contributed by atoms with E-state index in [-0.39, 0.29) is 30.4 Å². The second-order valence-corrected chi connectivity index (χ2v) is 4.65. The standard InChI is InChI=1S/C13H19N3O5/c1-8(2)13-14-9(5-10(17)15-13)16(6-11(18)20-3)7-12(19)21-4/h5,8H,6-7H2,1-4H3,(H,14,15,17). The zero-order chi connectivity index (χ0) is 16.0. The van der Waals surface area contributed by atoms with Gasteiger partial charge in [0.2, 0.25) is 0 Å². The highest BCUT2D eigenvalue weighted by atomic mass is 16.5. The summed E-state index contributed by atoms with van der Waals surface area (Å²) in [6, 6.07) is 1.22. The summed E-state index contributed by atoms with van der Waals surface area (Å²) < 4.78 is 9.16. The van der Waals surface area contributed by atoms with Crippen molar-refractivity contribution in [2.24, 2.45) is 0 Å². The van der Waals surface area contributed by atoms with Crippen molar-refractivity contribution in [2.45, 2.75) is 19.8 Å². The van der Waals surface area contributed by atoms with Crippen molar-refractivity contribution in [3.05, 3.63) is 22.2 Å². The first kappa shape index (κ1) is 16.7. The highest BCUT2D eigenvalue weighted by Gasteiger charge is 2.19. The molecule has 0 aliphatic rings. The Kier molecular flexibility index (Phi) is 5.89. The van der Waals surface area contributed by atoms with Gasteiger partial charge in [-0.3, -0.25) is 14.4 Å². The van der Waals surface area contributed by atoms with Crippen molar-refractivity contribution < 1.29 is 19.1 Å². The first-order valence-electron chi connectivity index (χ1n) is 6.37. The van der Waals surface area contributed by atoms with Gasteiger partial charge in [-0.15, -0.1) is 0 Å². The lowest BCUT2D eigenvalue weighted by atomic mass is 10.2. The van der Waals surface area contributed by atoms with Crippen LogP contribution in [0, 0.1) is 0 Å². The topological polar surface area (TPSA) is 102 Å². The highest BCUT2D eigenvalue weighted by Crippen LogP contribution is 2.13. The minimum absolute atomic E-state index is 0.00393. The Bertz CT molecular complexity index is 549. The van der Waals surface area contributed by atoms with Crippen LogP contribution in [-0.4, -0.2) is 49.2 Å². The van der Waals surface area contributed by atoms with Crippen LogP contribution in [-0.2, 0) is 19.1 Å². The monoisotopic (exact) mass is 297 g/mol. The van der Waals surface area contributed by atoms with Crippen LogP contribution in [0.25, 0.3) is 0 Å². The fraction of sp³-hybridized carbons (Fsp3) is 0.538. The van der Waals surface area contributed by atoms with Crippen molar-refractivity contribution in [2.75, 3.05) is 32.2 Å². The molecule has 0 radical (unpaired) electrons. The van der Waals surface area contributed by atoms with E-state index < -0.39 is 11.9 Å². The minimum Gasteiger partial charge on any atom is -0.468 e. The molecule has 0 aliphatic heterocycles. The molecule has 21 heavy (non-hydrogen) atoms. The molecule has 1 heterocycles. The number of carbonyl (C=O) groups is 2. The van der Waals surface area contributed by atoms with Crippen molar-refractivity contribution >= 4 is 17.8 Å². The van der Waals surface area contributed by atoms with Gasteiger partial charge in [0.25, 0.3) is 5.56 Å². The summed E-state index contributed by atoms with van der Waals surface area (Å²) in [6.45, 7) is 3.32. The van der Waals surface area contributed by atoms with Gasteiger partial charge in [0, 0.05) is 12.0 Å². The Morgan fingerprint density at radius 3 is 2.19 bits per heavy atom. The highest BCUT2D eigenvalue weighted by molar-refractivity contribution is 5.80. The van der Waals surface area contributed by atoms with E-state index >= 15 is 0 Å². The molecule has 0 bridgehead atoms. The largest absolute Gasteiger partial charge is 0.468 e. The summed E-state index contributed by atoms with van der Waals surface area (Å²) in [7, 11) is 2.48. The molecule has 1 aromatic rings. The number of carbonyl (C=O) groups excluding carboxylic acids is 2. The molecule has 0 spiro atoms. The Labute approximate surface area is 122 Å². The second-order valence-electron chi connectivity index (χ2n) is 4.65. The Morgan fingerprint density at radius 1 is 1.24 bits per heavy atom. The van der Waals surface area contributed by atoms with Gasteiger partial charge in [-0.2, -0.15) is 0 Å². The minimum atomic E-state index is -0.549. The van der Waals surface area contributed by atoms with Crippen LogP contribution in [0.3, 0.4) is 0 Å². The molecule has 0 unspecified atom stereocenters. The number of aromatic nitrogens is 2. The smallest absolute Gasteiger partial charge is 0.325 e. The molecule has 0 atom stereocenters. The quantitative estimate of drug-likeness (QED) is 0.740. The number of H-pyrrole nitrogens is 1. The van der Waals surface area contributed by atoms with E-state index in [4.69, 9.17) is 0 Å². The van der Waals surface area contributed by atoms with Gasteiger partial charge in [0.1, 0.15) is 24.7 Å². The normalized spacial score (nSPS) is 10.3. The molecule has 0 amide bonds. The Morgan fingerprint density at radius 2 is 1.76 bits per heavy atom. The first-order valence-corrected chi connectivity index (χ1v) is 6.37. The Hall–Kier alpha value is -2.38. The van der Waals surface area contributed by atoms with Gasteiger partial charge in [0.15, 0.2) is 0 Å². The van der Waals surface area contributed by atoms with Gasteiger partial charge in [-0.05, 0) is 0 Å². The lowest BCUT2D eigenvalue weighted by molar-refractivity contribution is -0.140. The van der Waals surface area contributed by atoms with E-state index in [1.165, 1.54) is 25.2 Å². The van der Waals surface area contributed by atoms with Crippen molar-refractivity contribution in [3.8, 4) is 0 Å². The van der Waals surface area contributed by atoms with Crippen LogP contribution >= 0.6 is 0 Å². The van der Waals surface area contributed by atoms with E-state index in [0.717, 1.165) is 0 Å². The number of aromatic amines is 1. The lowest BCUT2D eigenvalue weighted by Gasteiger charge is -2.21. The summed E-state index contributed by atoms with van der Waals surface area (Å²) in [4.78, 5) is 42.8. The van der Waals surface area contributed by atoms with Gasteiger partial charge in [-0.1, -0.05) is 13.8 Å². The maximum absolute atomic E-state index is 11.7. The van der Waals surface area contributed by atoms with Crippen molar-refractivity contribution in [3.63, 3.8) is 0 Å². The third kappa shape index (κ3) is 4.90. The molecule has 8 nitrogen and oxygen atoms in total. The van der Waals surface area contributed by atoms with Crippen LogP contribution in [0.5, 0.6) is 0 Å². The third-order valence-corrected chi connectivity index (χ3v) is 2.71. The predicted molar refractivity (Wildman–Crippen MR) is 75.2 cm³/mol. The Balaban J connectivity index is 3.14. The van der Waals surface area contributed by atoms with E-state index in [0.29, 0.717) is 5.82 Å². The van der Waals surface area contributed by atoms with Crippen LogP contribution in [0.15, 0.2) is 10.9 Å². The molecule has 8 heteroatoms. The number of hydrogen-bond donors (Lipinski definition) is 1. The summed E-state index contributed by atoms with van der Waals surface area (Å²) in [6.07, 6.45) is 0. The molecule has 1 aromatic heterocycles. The predicted octanol–water partition coefficient (Wildman–Crippen LogP) is 0.0457. The van der Waals surface area contributed by atoms with Gasteiger partial charge in [-0.25, -0.2) is 4.98 Å². The molecule has 1 rings (SSSR count). The zero-order valence-corrected chi connectivity index (χ0v) is 12.5. The van der Waals surface area contributed by atoms with Gasteiger partial charge < -0.3 is 19.4 Å². The fourth-order valence-corrected chi connectivity index (χ4v) is 1.56. The van der Waals surface area contributed by atoms with Gasteiger partial charge in [0.05, 0.1) is 14.2 Å². The average molecular weight is 297 g/mol. The van der Waals surface area contributed by atoms with Crippen LogP contribution < -0.4 is 10.5 Å². The number of anilines is 1. The number of rotatable bonds is 6. The molecular formula is C13H19N3O5. The lowest BCUT2D eigenvalue weighted by Crippen LogP contribution is -2.37. The number of nitrogens with zero attached hydrogens (tertiary/aromatic N) is 2. The number of esters is 2. The SMILES string of the molecule is COC(=O)CN(CC(=O)OC)c1cc(=O)[nH]c(C(C)C)n1. The molecule has 116 valence electrons. The molecule has 1 N–H and O–H groups in total. The number of ether oxygens (including phenoxy) is 2. The number of nitrogens with one attached hydrogen (secondary N) is 1. The van der Waals surface area contributed by atoms with E-state index in [1.807, 2.05) is 13.8 Å². The summed E-state index contributed by atoms with van der Waals surface area (Å²) in [5.74, 6) is -0.412. The van der Waals surface area contributed by atoms with Crippen molar-refractivity contribution in [1.82, 2.24) is 9.97 Å². The zero-order valence-electron chi connectivity index (χ0n) is 12.5. The van der Waals surface area contributed by atoms with Crippen LogP contribution in [0.4, 0.5) is 5.82 Å².